The first-order chi connectivity index (χ1) is 11.8. The molecule has 0 spiro atoms. The normalized spacial score (nSPS) is 11.6. The van der Waals surface area contributed by atoms with E-state index < -0.39 is 0 Å². The number of ether oxygens (including phenoxy) is 2. The Bertz CT molecular complexity index is 677. The number of hydrogen-bond donors (Lipinski definition) is 0. The highest BCUT2D eigenvalue weighted by Crippen LogP contribution is 2.24. The lowest BCUT2D eigenvalue weighted by molar-refractivity contribution is -0.131. The van der Waals surface area contributed by atoms with Gasteiger partial charge in [-0.05, 0) is 41.3 Å². The van der Waals surface area contributed by atoms with Gasteiger partial charge in [-0.25, -0.2) is 0 Å². The van der Waals surface area contributed by atoms with E-state index in [2.05, 4.69) is 26.0 Å². The summed E-state index contributed by atoms with van der Waals surface area (Å²) in [6.45, 7) is 10.6. The summed E-state index contributed by atoms with van der Waals surface area (Å²) < 4.78 is 11.4. The second-order valence-electron chi connectivity index (χ2n) is 7.64. The van der Waals surface area contributed by atoms with E-state index in [1.807, 2.05) is 57.2 Å². The molecule has 2 rings (SSSR count). The maximum absolute atomic E-state index is 11.8. The third-order valence-electron chi connectivity index (χ3n) is 4.04. The Morgan fingerprint density at radius 3 is 1.92 bits per heavy atom. The van der Waals surface area contributed by atoms with Crippen molar-refractivity contribution in [1.82, 2.24) is 0 Å². The molecule has 0 saturated carbocycles. The van der Waals surface area contributed by atoms with Crippen molar-refractivity contribution in [3.05, 3.63) is 59.7 Å². The van der Waals surface area contributed by atoms with E-state index in [1.165, 1.54) is 5.56 Å². The van der Waals surface area contributed by atoms with E-state index in [-0.39, 0.29) is 17.8 Å². The van der Waals surface area contributed by atoms with Crippen molar-refractivity contribution in [2.24, 2.45) is 5.41 Å². The van der Waals surface area contributed by atoms with Crippen LogP contribution >= 0.6 is 0 Å². The SMILES string of the molecule is CC(C)c1ccc(Oc2ccc(COCC(=O)C(C)(C)C)cc2)cc1. The lowest BCUT2D eigenvalue weighted by atomic mass is 9.91. The van der Waals surface area contributed by atoms with Crippen LogP contribution in [-0.2, 0) is 16.1 Å². The van der Waals surface area contributed by atoms with E-state index in [4.69, 9.17) is 9.47 Å². The van der Waals surface area contributed by atoms with Gasteiger partial charge in [0.05, 0.1) is 6.61 Å². The molecule has 3 nitrogen and oxygen atoms in total. The van der Waals surface area contributed by atoms with Gasteiger partial charge in [0.2, 0.25) is 0 Å². The highest BCUT2D eigenvalue weighted by atomic mass is 16.5. The second-order valence-corrected chi connectivity index (χ2v) is 7.64. The van der Waals surface area contributed by atoms with Crippen LogP contribution in [0.15, 0.2) is 48.5 Å². The van der Waals surface area contributed by atoms with Crippen molar-refractivity contribution in [2.75, 3.05) is 6.61 Å². The van der Waals surface area contributed by atoms with E-state index in [1.54, 1.807) is 0 Å². The Morgan fingerprint density at radius 2 is 1.44 bits per heavy atom. The van der Waals surface area contributed by atoms with Crippen LogP contribution in [-0.4, -0.2) is 12.4 Å². The van der Waals surface area contributed by atoms with Crippen molar-refractivity contribution >= 4 is 5.78 Å². The summed E-state index contributed by atoms with van der Waals surface area (Å²) in [5, 5.41) is 0. The van der Waals surface area contributed by atoms with Gasteiger partial charge in [0.15, 0.2) is 5.78 Å². The van der Waals surface area contributed by atoms with Gasteiger partial charge in [0, 0.05) is 5.41 Å². The van der Waals surface area contributed by atoms with E-state index in [0.29, 0.717) is 12.5 Å². The van der Waals surface area contributed by atoms with Crippen LogP contribution in [0.5, 0.6) is 11.5 Å². The average Bonchev–Trinajstić information content (AvgIpc) is 2.56. The molecule has 0 radical (unpaired) electrons. The molecule has 2 aromatic rings. The molecule has 134 valence electrons. The van der Waals surface area contributed by atoms with Crippen LogP contribution in [0.3, 0.4) is 0 Å². The minimum Gasteiger partial charge on any atom is -0.457 e. The lowest BCUT2D eigenvalue weighted by Gasteiger charge is -2.16. The Labute approximate surface area is 151 Å². The van der Waals surface area contributed by atoms with Crippen LogP contribution < -0.4 is 4.74 Å². The van der Waals surface area contributed by atoms with Crippen LogP contribution in [0.1, 0.15) is 51.7 Å². The van der Waals surface area contributed by atoms with Gasteiger partial charge >= 0.3 is 0 Å². The quantitative estimate of drug-likeness (QED) is 0.645. The molecule has 0 amide bonds. The smallest absolute Gasteiger partial charge is 0.163 e. The first-order valence-corrected chi connectivity index (χ1v) is 8.73. The minimum absolute atomic E-state index is 0.109. The molecule has 0 aliphatic heterocycles. The highest BCUT2D eigenvalue weighted by molar-refractivity contribution is 5.84. The third-order valence-corrected chi connectivity index (χ3v) is 4.04. The van der Waals surface area contributed by atoms with E-state index in [9.17, 15) is 4.79 Å². The minimum atomic E-state index is -0.358. The van der Waals surface area contributed by atoms with Crippen molar-refractivity contribution in [3.63, 3.8) is 0 Å². The standard InChI is InChI=1S/C22H28O3/c1-16(2)18-8-12-20(13-9-18)25-19-10-6-17(7-11-19)14-24-15-21(23)22(3,4)5/h6-13,16H,14-15H2,1-5H3. The van der Waals surface area contributed by atoms with Gasteiger partial charge in [0.1, 0.15) is 18.1 Å². The van der Waals surface area contributed by atoms with Crippen molar-refractivity contribution in [2.45, 2.75) is 47.1 Å². The summed E-state index contributed by atoms with van der Waals surface area (Å²) in [6, 6.07) is 15.9. The zero-order valence-electron chi connectivity index (χ0n) is 15.8. The Hall–Kier alpha value is -2.13. The van der Waals surface area contributed by atoms with Crippen molar-refractivity contribution in [3.8, 4) is 11.5 Å². The number of ketones is 1. The predicted molar refractivity (Wildman–Crippen MR) is 101 cm³/mol. The number of carbonyl (C=O) groups excluding carboxylic acids is 1. The topological polar surface area (TPSA) is 35.5 Å². The van der Waals surface area contributed by atoms with Crippen molar-refractivity contribution in [1.29, 1.82) is 0 Å². The lowest BCUT2D eigenvalue weighted by Crippen LogP contribution is -2.24. The molecule has 0 aliphatic rings. The molecular weight excluding hydrogens is 312 g/mol. The highest BCUT2D eigenvalue weighted by Gasteiger charge is 2.20. The number of carbonyl (C=O) groups is 1. The summed E-state index contributed by atoms with van der Waals surface area (Å²) in [5.41, 5.74) is 1.96. The van der Waals surface area contributed by atoms with Crippen LogP contribution in [0.25, 0.3) is 0 Å². The molecule has 0 fully saturated rings. The second kappa shape index (κ2) is 8.30. The maximum Gasteiger partial charge on any atom is 0.163 e. The monoisotopic (exact) mass is 340 g/mol. The summed E-state index contributed by atoms with van der Waals surface area (Å²) in [7, 11) is 0. The number of rotatable bonds is 7. The fourth-order valence-electron chi connectivity index (χ4n) is 2.19. The average molecular weight is 340 g/mol. The van der Waals surface area contributed by atoms with Gasteiger partial charge in [-0.2, -0.15) is 0 Å². The van der Waals surface area contributed by atoms with Gasteiger partial charge < -0.3 is 9.47 Å². The van der Waals surface area contributed by atoms with Crippen LogP contribution in [0.2, 0.25) is 0 Å². The first kappa shape index (κ1) is 19.2. The Kier molecular flexibility index (Phi) is 6.38. The summed E-state index contributed by atoms with van der Waals surface area (Å²) in [4.78, 5) is 11.8. The van der Waals surface area contributed by atoms with Crippen molar-refractivity contribution < 1.29 is 14.3 Å². The Balaban J connectivity index is 1.86. The fraction of sp³-hybridized carbons (Fsp3) is 0.409. The molecule has 25 heavy (non-hydrogen) atoms. The number of hydrogen-bond acceptors (Lipinski definition) is 3. The number of Topliss-reactive ketones (excluding diaryl/α,β-unsaturated/α-hetero) is 1. The van der Waals surface area contributed by atoms with Crippen LogP contribution in [0, 0.1) is 5.41 Å². The summed E-state index contributed by atoms with van der Waals surface area (Å²) in [5.74, 6) is 2.23. The fourth-order valence-corrected chi connectivity index (χ4v) is 2.19. The summed E-state index contributed by atoms with van der Waals surface area (Å²) >= 11 is 0. The molecule has 0 unspecified atom stereocenters. The van der Waals surface area contributed by atoms with Crippen LogP contribution in [0.4, 0.5) is 0 Å². The molecule has 0 atom stereocenters. The molecule has 0 aliphatic carbocycles. The predicted octanol–water partition coefficient (Wildman–Crippen LogP) is 5.73. The Morgan fingerprint density at radius 1 is 0.920 bits per heavy atom. The molecule has 0 heterocycles. The van der Waals surface area contributed by atoms with E-state index >= 15 is 0 Å². The summed E-state index contributed by atoms with van der Waals surface area (Å²) in [6.07, 6.45) is 0. The largest absolute Gasteiger partial charge is 0.457 e. The zero-order valence-corrected chi connectivity index (χ0v) is 15.8. The molecular formula is C22H28O3. The molecule has 3 heteroatoms. The van der Waals surface area contributed by atoms with Gasteiger partial charge in [-0.1, -0.05) is 58.9 Å². The molecule has 0 saturated heterocycles. The number of benzene rings is 2. The molecule has 0 aromatic heterocycles. The zero-order chi connectivity index (χ0) is 18.4. The maximum atomic E-state index is 11.8. The molecule has 0 N–H and O–H groups in total. The first-order valence-electron chi connectivity index (χ1n) is 8.73. The van der Waals surface area contributed by atoms with Gasteiger partial charge in [0.25, 0.3) is 0 Å². The molecule has 2 aromatic carbocycles. The molecule has 0 bridgehead atoms. The van der Waals surface area contributed by atoms with Gasteiger partial charge in [-0.15, -0.1) is 0 Å². The van der Waals surface area contributed by atoms with Gasteiger partial charge in [-0.3, -0.25) is 4.79 Å². The third kappa shape index (κ3) is 6.02. The van der Waals surface area contributed by atoms with E-state index in [0.717, 1.165) is 17.1 Å².